The summed E-state index contributed by atoms with van der Waals surface area (Å²) in [6, 6.07) is 0. The van der Waals surface area contributed by atoms with Gasteiger partial charge < -0.3 is 10.5 Å². The van der Waals surface area contributed by atoms with Crippen LogP contribution in [-0.2, 0) is 22.5 Å². The number of nitrogens with zero attached hydrogens (tertiary/aromatic N) is 2. The van der Waals surface area contributed by atoms with Gasteiger partial charge in [-0.25, -0.2) is 0 Å². The molecule has 0 aromatic carbocycles. The highest BCUT2D eigenvalue weighted by Gasteiger charge is 1.99. The lowest BCUT2D eigenvalue weighted by Gasteiger charge is -2.01. The second kappa shape index (κ2) is 10.0. The van der Waals surface area contributed by atoms with Crippen LogP contribution in [0.25, 0.3) is 0 Å². The number of rotatable bonds is 5. The first-order valence-electron chi connectivity index (χ1n) is 5.34. The average molecular weight is 225 g/mol. The minimum absolute atomic E-state index is 0.431. The molecule has 5 nitrogen and oxygen atoms in total. The second-order valence-corrected chi connectivity index (χ2v) is 2.96. The maximum atomic E-state index is 9.18. The van der Waals surface area contributed by atoms with Crippen LogP contribution < -0.4 is 5.73 Å². The molecule has 0 aliphatic rings. The summed E-state index contributed by atoms with van der Waals surface area (Å²) in [6.07, 6.45) is 5.46. The van der Waals surface area contributed by atoms with Gasteiger partial charge in [0.05, 0.1) is 18.0 Å². The van der Waals surface area contributed by atoms with Crippen LogP contribution in [0.1, 0.15) is 31.7 Å². The van der Waals surface area contributed by atoms with Crippen LogP contribution in [0.3, 0.4) is 0 Å². The highest BCUT2D eigenvalue weighted by molar-refractivity contribution is 5.36. The molecule has 0 fully saturated rings. The molecule has 16 heavy (non-hydrogen) atoms. The number of carbonyl (C=O) groups excluding carboxylic acids is 1. The highest BCUT2D eigenvalue weighted by atomic mass is 16.5. The topological polar surface area (TPSA) is 78.1 Å². The van der Waals surface area contributed by atoms with E-state index >= 15 is 0 Å². The number of aromatic nitrogens is 2. The van der Waals surface area contributed by atoms with E-state index in [1.807, 2.05) is 0 Å². The Morgan fingerprint density at radius 2 is 1.94 bits per heavy atom. The van der Waals surface area contributed by atoms with Crippen molar-refractivity contribution in [1.29, 1.82) is 0 Å². The zero-order chi connectivity index (χ0) is 12.2. The molecule has 90 valence electrons. The summed E-state index contributed by atoms with van der Waals surface area (Å²) in [5, 5.41) is 0. The fourth-order valence-corrected chi connectivity index (χ4v) is 1.08. The van der Waals surface area contributed by atoms with Crippen LogP contribution in [0.15, 0.2) is 12.4 Å². The van der Waals surface area contributed by atoms with Crippen molar-refractivity contribution < 1.29 is 9.53 Å². The lowest BCUT2D eigenvalue weighted by atomic mass is 10.2. The molecule has 0 atom stereocenters. The monoisotopic (exact) mass is 225 g/mol. The molecule has 0 saturated heterocycles. The van der Waals surface area contributed by atoms with Gasteiger partial charge in [-0.3, -0.25) is 14.8 Å². The van der Waals surface area contributed by atoms with E-state index in [9.17, 15) is 4.79 Å². The van der Waals surface area contributed by atoms with Gasteiger partial charge in [0.1, 0.15) is 0 Å². The standard InChI is InChI=1S/C8H13N3.C3H6O2/c1-2-3-7-8(6-9)11-5-4-10-7;1-2-5-3-4/h4-5H,2-3,6,9H2,1H3;3H,2H2,1H3. The minimum Gasteiger partial charge on any atom is -0.468 e. The van der Waals surface area contributed by atoms with Crippen LogP contribution in [-0.4, -0.2) is 23.0 Å². The first-order valence-corrected chi connectivity index (χ1v) is 5.34. The predicted molar refractivity (Wildman–Crippen MR) is 61.6 cm³/mol. The van der Waals surface area contributed by atoms with Crippen molar-refractivity contribution in [3.8, 4) is 0 Å². The molecule has 0 aliphatic carbocycles. The average Bonchev–Trinajstić information content (AvgIpc) is 2.32. The molecule has 0 spiro atoms. The molecule has 0 saturated carbocycles. The van der Waals surface area contributed by atoms with E-state index in [4.69, 9.17) is 5.73 Å². The van der Waals surface area contributed by atoms with Crippen molar-refractivity contribution in [3.05, 3.63) is 23.8 Å². The number of nitrogens with two attached hydrogens (primary N) is 1. The Morgan fingerprint density at radius 1 is 1.31 bits per heavy atom. The predicted octanol–water partition coefficient (Wildman–Crippen LogP) is 1.07. The molecule has 1 aromatic heterocycles. The molecule has 2 N–H and O–H groups in total. The van der Waals surface area contributed by atoms with Crippen molar-refractivity contribution in [3.63, 3.8) is 0 Å². The van der Waals surface area contributed by atoms with Crippen molar-refractivity contribution in [2.24, 2.45) is 5.73 Å². The summed E-state index contributed by atoms with van der Waals surface area (Å²) in [5.74, 6) is 0. The van der Waals surface area contributed by atoms with E-state index in [2.05, 4.69) is 21.6 Å². The third-order valence-corrected chi connectivity index (χ3v) is 1.78. The zero-order valence-electron chi connectivity index (χ0n) is 9.85. The van der Waals surface area contributed by atoms with Gasteiger partial charge in [-0.15, -0.1) is 0 Å². The van der Waals surface area contributed by atoms with Gasteiger partial charge in [0.2, 0.25) is 0 Å². The number of hydrogen-bond acceptors (Lipinski definition) is 5. The summed E-state index contributed by atoms with van der Waals surface area (Å²) in [5.41, 5.74) is 7.44. The summed E-state index contributed by atoms with van der Waals surface area (Å²) in [4.78, 5) is 17.5. The fourth-order valence-electron chi connectivity index (χ4n) is 1.08. The van der Waals surface area contributed by atoms with Crippen molar-refractivity contribution >= 4 is 6.47 Å². The quantitative estimate of drug-likeness (QED) is 0.758. The molecular weight excluding hydrogens is 206 g/mol. The van der Waals surface area contributed by atoms with E-state index < -0.39 is 0 Å². The van der Waals surface area contributed by atoms with Crippen LogP contribution in [0.5, 0.6) is 0 Å². The molecule has 0 amide bonds. The third kappa shape index (κ3) is 6.08. The number of ether oxygens (including phenoxy) is 1. The summed E-state index contributed by atoms with van der Waals surface area (Å²) >= 11 is 0. The van der Waals surface area contributed by atoms with Crippen molar-refractivity contribution in [2.75, 3.05) is 6.61 Å². The lowest BCUT2D eigenvalue weighted by molar-refractivity contribution is -0.128. The molecular formula is C11H19N3O2. The molecule has 0 unspecified atom stereocenters. The molecule has 1 aromatic rings. The molecule has 0 aliphatic heterocycles. The maximum Gasteiger partial charge on any atom is 0.293 e. The molecule has 0 radical (unpaired) electrons. The summed E-state index contributed by atoms with van der Waals surface area (Å²) in [7, 11) is 0. The minimum atomic E-state index is 0.431. The van der Waals surface area contributed by atoms with Gasteiger partial charge in [-0.2, -0.15) is 0 Å². The largest absolute Gasteiger partial charge is 0.468 e. The summed E-state index contributed by atoms with van der Waals surface area (Å²) in [6.45, 7) is 5.27. The van der Waals surface area contributed by atoms with E-state index in [0.29, 0.717) is 19.6 Å². The van der Waals surface area contributed by atoms with Crippen molar-refractivity contribution in [2.45, 2.75) is 33.2 Å². The van der Waals surface area contributed by atoms with Gasteiger partial charge in [0.25, 0.3) is 6.47 Å². The Labute approximate surface area is 96.0 Å². The van der Waals surface area contributed by atoms with E-state index in [1.165, 1.54) is 0 Å². The van der Waals surface area contributed by atoms with Crippen LogP contribution >= 0.6 is 0 Å². The van der Waals surface area contributed by atoms with Gasteiger partial charge in [0.15, 0.2) is 0 Å². The van der Waals surface area contributed by atoms with Crippen LogP contribution in [0, 0.1) is 0 Å². The first kappa shape index (κ1) is 14.5. The Kier molecular flexibility index (Phi) is 9.11. The number of aryl methyl sites for hydroxylation is 1. The van der Waals surface area contributed by atoms with E-state index in [1.54, 1.807) is 19.3 Å². The van der Waals surface area contributed by atoms with Crippen LogP contribution in [0.4, 0.5) is 0 Å². The molecule has 1 heterocycles. The highest BCUT2D eigenvalue weighted by Crippen LogP contribution is 2.02. The first-order chi connectivity index (χ1) is 7.79. The molecule has 1 rings (SSSR count). The van der Waals surface area contributed by atoms with E-state index in [0.717, 1.165) is 24.2 Å². The van der Waals surface area contributed by atoms with Gasteiger partial charge in [-0.1, -0.05) is 13.3 Å². The van der Waals surface area contributed by atoms with Gasteiger partial charge in [-0.05, 0) is 13.3 Å². The Bertz CT molecular complexity index is 292. The van der Waals surface area contributed by atoms with Crippen molar-refractivity contribution in [1.82, 2.24) is 9.97 Å². The molecule has 5 heteroatoms. The van der Waals surface area contributed by atoms with Gasteiger partial charge in [0, 0.05) is 18.9 Å². The maximum absolute atomic E-state index is 9.18. The SMILES string of the molecule is CCCc1nccnc1CN.CCOC=O. The second-order valence-electron chi connectivity index (χ2n) is 2.96. The zero-order valence-corrected chi connectivity index (χ0v) is 9.85. The summed E-state index contributed by atoms with van der Waals surface area (Å²) < 4.78 is 4.15. The normalized spacial score (nSPS) is 8.94. The lowest BCUT2D eigenvalue weighted by Crippen LogP contribution is -2.05. The Hall–Kier alpha value is -1.49. The van der Waals surface area contributed by atoms with E-state index in [-0.39, 0.29) is 0 Å². The third-order valence-electron chi connectivity index (χ3n) is 1.78. The fraction of sp³-hybridized carbons (Fsp3) is 0.545. The number of hydrogen-bond donors (Lipinski definition) is 1. The smallest absolute Gasteiger partial charge is 0.293 e. The molecule has 0 bridgehead atoms. The van der Waals surface area contributed by atoms with Crippen LogP contribution in [0.2, 0.25) is 0 Å². The number of carbonyl (C=O) groups is 1. The van der Waals surface area contributed by atoms with Gasteiger partial charge >= 0.3 is 0 Å². The Balaban J connectivity index is 0.000000385. The Morgan fingerprint density at radius 3 is 2.31 bits per heavy atom.